The normalized spacial score (nSPS) is 18.8. The summed E-state index contributed by atoms with van der Waals surface area (Å²) in [5.74, 6) is 0.826. The predicted octanol–water partition coefficient (Wildman–Crippen LogP) is 4.72. The molecule has 138 valence electrons. The minimum atomic E-state index is -0.0989. The fourth-order valence-electron chi connectivity index (χ4n) is 3.35. The van der Waals surface area contributed by atoms with Crippen LogP contribution in [0.15, 0.2) is 23.6 Å². The van der Waals surface area contributed by atoms with Gasteiger partial charge in [-0.2, -0.15) is 0 Å². The van der Waals surface area contributed by atoms with Gasteiger partial charge < -0.3 is 10.2 Å². The molecule has 1 saturated heterocycles. The zero-order valence-corrected chi connectivity index (χ0v) is 16.7. The molecular weight excluding hydrogens is 389 g/mol. The maximum atomic E-state index is 12.5. The number of likely N-dealkylation sites (tertiary alicyclic amines) is 1. The highest BCUT2D eigenvalue weighted by Gasteiger charge is 2.27. The first kappa shape index (κ1) is 18.2. The number of hydrogen-bond acceptors (Lipinski definition) is 4. The third-order valence-corrected chi connectivity index (χ3v) is 6.46. The second-order valence-corrected chi connectivity index (χ2v) is 8.86. The van der Waals surface area contributed by atoms with Crippen molar-refractivity contribution in [1.82, 2.24) is 15.2 Å². The number of aromatic nitrogens is 1. The van der Waals surface area contributed by atoms with Crippen LogP contribution in [-0.2, 0) is 0 Å². The van der Waals surface area contributed by atoms with E-state index in [2.05, 4.69) is 15.2 Å². The molecule has 1 aliphatic carbocycles. The summed E-state index contributed by atoms with van der Waals surface area (Å²) in [7, 11) is 0. The fraction of sp³-hybridized carbons (Fsp3) is 0.474. The monoisotopic (exact) mass is 409 g/mol. The van der Waals surface area contributed by atoms with Gasteiger partial charge in [-0.1, -0.05) is 23.2 Å². The van der Waals surface area contributed by atoms with Gasteiger partial charge in [0.15, 0.2) is 0 Å². The molecule has 1 amide bonds. The van der Waals surface area contributed by atoms with Crippen LogP contribution in [0.3, 0.4) is 0 Å². The number of rotatable bonds is 5. The lowest BCUT2D eigenvalue weighted by Gasteiger charge is -2.32. The minimum Gasteiger partial charge on any atom is -0.348 e. The first-order valence-corrected chi connectivity index (χ1v) is 10.7. The number of nitrogens with zero attached hydrogens (tertiary/aromatic N) is 2. The molecule has 2 fully saturated rings. The number of benzene rings is 1. The molecule has 0 bridgehead atoms. The summed E-state index contributed by atoms with van der Waals surface area (Å²) >= 11 is 13.6. The highest BCUT2D eigenvalue weighted by Crippen LogP contribution is 2.33. The Bertz CT molecular complexity index is 798. The summed E-state index contributed by atoms with van der Waals surface area (Å²) in [4.78, 5) is 19.5. The molecule has 1 aromatic carbocycles. The van der Waals surface area contributed by atoms with E-state index in [4.69, 9.17) is 23.2 Å². The van der Waals surface area contributed by atoms with Crippen molar-refractivity contribution in [1.29, 1.82) is 0 Å². The van der Waals surface area contributed by atoms with Crippen molar-refractivity contribution in [3.05, 3.63) is 39.3 Å². The van der Waals surface area contributed by atoms with Gasteiger partial charge in [-0.3, -0.25) is 4.79 Å². The average molecular weight is 410 g/mol. The minimum absolute atomic E-state index is 0.0989. The van der Waals surface area contributed by atoms with E-state index in [1.807, 2.05) is 6.07 Å². The molecule has 2 aliphatic rings. The van der Waals surface area contributed by atoms with Gasteiger partial charge in [0.1, 0.15) is 10.7 Å². The molecule has 2 aromatic rings. The molecule has 1 aromatic heterocycles. The van der Waals surface area contributed by atoms with Crippen molar-refractivity contribution in [3.63, 3.8) is 0 Å². The van der Waals surface area contributed by atoms with Crippen LogP contribution in [0.1, 0.15) is 36.2 Å². The first-order valence-electron chi connectivity index (χ1n) is 9.02. The number of nitrogens with one attached hydrogen (secondary N) is 1. The van der Waals surface area contributed by atoms with Gasteiger partial charge in [-0.15, -0.1) is 11.3 Å². The molecule has 0 unspecified atom stereocenters. The van der Waals surface area contributed by atoms with Gasteiger partial charge in [0.25, 0.3) is 5.91 Å². The largest absolute Gasteiger partial charge is 0.348 e. The van der Waals surface area contributed by atoms with Crippen molar-refractivity contribution in [2.24, 2.45) is 5.92 Å². The van der Waals surface area contributed by atoms with Crippen LogP contribution in [0.5, 0.6) is 0 Å². The lowest BCUT2D eigenvalue weighted by Crippen LogP contribution is -2.45. The second kappa shape index (κ2) is 7.85. The van der Waals surface area contributed by atoms with Crippen LogP contribution >= 0.6 is 34.5 Å². The van der Waals surface area contributed by atoms with Crippen molar-refractivity contribution in [3.8, 4) is 10.6 Å². The Morgan fingerprint density at radius 2 is 2.00 bits per heavy atom. The maximum Gasteiger partial charge on any atom is 0.270 e. The topological polar surface area (TPSA) is 45.2 Å². The van der Waals surface area contributed by atoms with Crippen LogP contribution < -0.4 is 5.32 Å². The van der Waals surface area contributed by atoms with E-state index < -0.39 is 0 Å². The molecule has 2 heterocycles. The van der Waals surface area contributed by atoms with E-state index in [0.717, 1.165) is 42.4 Å². The van der Waals surface area contributed by atoms with Gasteiger partial charge in [-0.05, 0) is 49.8 Å². The third-order valence-electron chi connectivity index (χ3n) is 5.03. The summed E-state index contributed by atoms with van der Waals surface area (Å²) in [6, 6.07) is 5.54. The number of piperidine rings is 1. The standard InChI is InChI=1S/C19H21Cl2N3OS/c20-13-3-4-15(16(21)9-13)19-23-17(11-26-19)18(25)22-14-5-7-24(8-6-14)10-12-1-2-12/h3-4,9,11-12,14H,1-2,5-8,10H2,(H,22,25). The molecule has 0 spiro atoms. The van der Waals surface area contributed by atoms with Crippen molar-refractivity contribution < 1.29 is 4.79 Å². The zero-order valence-electron chi connectivity index (χ0n) is 14.4. The molecule has 4 nitrogen and oxygen atoms in total. The van der Waals surface area contributed by atoms with Crippen molar-refractivity contribution in [2.45, 2.75) is 31.7 Å². The van der Waals surface area contributed by atoms with Crippen LogP contribution in [0.25, 0.3) is 10.6 Å². The number of carbonyl (C=O) groups is 1. The van der Waals surface area contributed by atoms with E-state index in [9.17, 15) is 4.79 Å². The summed E-state index contributed by atoms with van der Waals surface area (Å²) in [6.07, 6.45) is 4.80. The van der Waals surface area contributed by atoms with Gasteiger partial charge in [0.05, 0.1) is 5.02 Å². The maximum absolute atomic E-state index is 12.5. The molecule has 0 radical (unpaired) electrons. The van der Waals surface area contributed by atoms with Crippen LogP contribution in [0.2, 0.25) is 10.0 Å². The van der Waals surface area contributed by atoms with E-state index in [1.54, 1.807) is 17.5 Å². The Morgan fingerprint density at radius 3 is 2.69 bits per heavy atom. The summed E-state index contributed by atoms with van der Waals surface area (Å²) in [5, 5.41) is 6.79. The van der Waals surface area contributed by atoms with Crippen LogP contribution in [0, 0.1) is 5.92 Å². The van der Waals surface area contributed by atoms with E-state index in [0.29, 0.717) is 15.7 Å². The Kier molecular flexibility index (Phi) is 5.50. The Labute approximate surface area is 167 Å². The second-order valence-electron chi connectivity index (χ2n) is 7.15. The number of thiazole rings is 1. The summed E-state index contributed by atoms with van der Waals surface area (Å²) < 4.78 is 0. The number of amides is 1. The summed E-state index contributed by atoms with van der Waals surface area (Å²) in [6.45, 7) is 3.38. The highest BCUT2D eigenvalue weighted by atomic mass is 35.5. The Hall–Kier alpha value is -1.14. The molecule has 7 heteroatoms. The quantitative estimate of drug-likeness (QED) is 0.776. The van der Waals surface area contributed by atoms with Crippen LogP contribution in [-0.4, -0.2) is 41.5 Å². The Morgan fingerprint density at radius 1 is 1.23 bits per heavy atom. The van der Waals surface area contributed by atoms with Crippen LogP contribution in [0.4, 0.5) is 0 Å². The van der Waals surface area contributed by atoms with Gasteiger partial charge in [0, 0.05) is 41.6 Å². The Balaban J connectivity index is 1.34. The number of hydrogen-bond donors (Lipinski definition) is 1. The third kappa shape index (κ3) is 4.39. The van der Waals surface area contributed by atoms with Crippen molar-refractivity contribution >= 4 is 40.4 Å². The zero-order chi connectivity index (χ0) is 18.1. The number of halogens is 2. The van der Waals surface area contributed by atoms with Gasteiger partial charge >= 0.3 is 0 Å². The average Bonchev–Trinajstić information content (AvgIpc) is 3.29. The molecule has 26 heavy (non-hydrogen) atoms. The molecule has 1 saturated carbocycles. The lowest BCUT2D eigenvalue weighted by atomic mass is 10.0. The predicted molar refractivity (Wildman–Crippen MR) is 107 cm³/mol. The smallest absolute Gasteiger partial charge is 0.270 e. The first-order chi connectivity index (χ1) is 12.6. The number of carbonyl (C=O) groups excluding carboxylic acids is 1. The molecule has 1 N–H and O–H groups in total. The fourth-order valence-corrected chi connectivity index (χ4v) is 4.74. The lowest BCUT2D eigenvalue weighted by molar-refractivity contribution is 0.0905. The SMILES string of the molecule is O=C(NC1CCN(CC2CC2)CC1)c1csc(-c2ccc(Cl)cc2Cl)n1. The van der Waals surface area contributed by atoms with Gasteiger partial charge in [-0.25, -0.2) is 4.98 Å². The molecule has 0 atom stereocenters. The van der Waals surface area contributed by atoms with E-state index in [1.165, 1.54) is 30.7 Å². The molecule has 4 rings (SSSR count). The van der Waals surface area contributed by atoms with Gasteiger partial charge in [0.2, 0.25) is 0 Å². The highest BCUT2D eigenvalue weighted by molar-refractivity contribution is 7.13. The van der Waals surface area contributed by atoms with Crippen molar-refractivity contribution in [2.75, 3.05) is 19.6 Å². The molecular formula is C19H21Cl2N3OS. The van der Waals surface area contributed by atoms with E-state index >= 15 is 0 Å². The van der Waals surface area contributed by atoms with E-state index in [-0.39, 0.29) is 11.9 Å². The molecule has 1 aliphatic heterocycles. The summed E-state index contributed by atoms with van der Waals surface area (Å²) in [5.41, 5.74) is 1.25.